The maximum absolute atomic E-state index is 13.1. The van der Waals surface area contributed by atoms with Crippen molar-refractivity contribution in [2.24, 2.45) is 0 Å². The summed E-state index contributed by atoms with van der Waals surface area (Å²) >= 11 is 0. The van der Waals surface area contributed by atoms with E-state index >= 15 is 0 Å². The average molecular weight is 291 g/mol. The van der Waals surface area contributed by atoms with Gasteiger partial charge in [-0.25, -0.2) is 4.39 Å². The van der Waals surface area contributed by atoms with E-state index in [1.54, 1.807) is 0 Å². The molecule has 20 heavy (non-hydrogen) atoms. The van der Waals surface area contributed by atoms with Gasteiger partial charge in [-0.3, -0.25) is 4.79 Å². The van der Waals surface area contributed by atoms with Crippen LogP contribution in [0.1, 0.15) is 23.8 Å². The van der Waals surface area contributed by atoms with Crippen molar-refractivity contribution in [2.75, 3.05) is 0 Å². The molecule has 4 nitrogen and oxygen atoms in total. The molecular weight excluding hydrogens is 282 g/mol. The molecule has 1 unspecified atom stereocenters. The monoisotopic (exact) mass is 291 g/mol. The topological polar surface area (TPSA) is 58.6 Å². The van der Waals surface area contributed by atoms with Crippen LogP contribution >= 0.6 is 0 Å². The summed E-state index contributed by atoms with van der Waals surface area (Å²) in [6, 6.07) is 2.46. The van der Waals surface area contributed by atoms with Gasteiger partial charge in [-0.05, 0) is 12.1 Å². The number of nitrogens with one attached hydrogen (secondary N) is 1. The quantitative estimate of drug-likeness (QED) is 0.841. The highest BCUT2D eigenvalue weighted by Gasteiger charge is 2.35. The molecule has 1 heterocycles. The van der Waals surface area contributed by atoms with Gasteiger partial charge in [-0.1, -0.05) is 6.07 Å². The van der Waals surface area contributed by atoms with Gasteiger partial charge >= 0.3 is 12.1 Å². The molecule has 0 amide bonds. The number of alkyl halides is 3. The van der Waals surface area contributed by atoms with Gasteiger partial charge in [0.25, 0.3) is 0 Å². The number of rotatable bonds is 3. The molecular formula is C12H9F4NO3. The SMILES string of the molecule is O=C(O)CC1=COC(c2ccc(F)c(C(F)(F)F)c2)N1. The third-order valence-corrected chi connectivity index (χ3v) is 2.60. The highest BCUT2D eigenvalue weighted by Crippen LogP contribution is 2.34. The number of halogens is 4. The van der Waals surface area contributed by atoms with Gasteiger partial charge in [0.05, 0.1) is 17.7 Å². The van der Waals surface area contributed by atoms with E-state index in [4.69, 9.17) is 9.84 Å². The summed E-state index contributed by atoms with van der Waals surface area (Å²) in [5.41, 5.74) is -1.12. The summed E-state index contributed by atoms with van der Waals surface area (Å²) in [5, 5.41) is 11.2. The Labute approximate surface area is 110 Å². The van der Waals surface area contributed by atoms with E-state index in [0.29, 0.717) is 12.1 Å². The third kappa shape index (κ3) is 3.01. The molecule has 0 fully saturated rings. The highest BCUT2D eigenvalue weighted by atomic mass is 19.4. The number of carboxylic acids is 1. The van der Waals surface area contributed by atoms with Gasteiger partial charge in [0, 0.05) is 5.56 Å². The standard InChI is InChI=1S/C12H9F4NO3/c13-9-2-1-6(3-8(9)12(14,15)16)11-17-7(5-20-11)4-10(18)19/h1-3,5,11,17H,4H2,(H,18,19). The first-order valence-corrected chi connectivity index (χ1v) is 5.47. The second kappa shape index (κ2) is 5.03. The zero-order chi connectivity index (χ0) is 14.9. The van der Waals surface area contributed by atoms with Crippen molar-refractivity contribution >= 4 is 5.97 Å². The van der Waals surface area contributed by atoms with Crippen molar-refractivity contribution in [3.8, 4) is 0 Å². The van der Waals surface area contributed by atoms with E-state index in [1.165, 1.54) is 0 Å². The maximum atomic E-state index is 13.1. The fourth-order valence-corrected chi connectivity index (χ4v) is 1.73. The molecule has 1 aromatic carbocycles. The molecule has 0 saturated heterocycles. The predicted molar refractivity (Wildman–Crippen MR) is 58.7 cm³/mol. The minimum atomic E-state index is -4.81. The molecule has 1 atom stereocenters. The normalized spacial score (nSPS) is 18.2. The molecule has 0 saturated carbocycles. The maximum Gasteiger partial charge on any atom is 0.419 e. The lowest BCUT2D eigenvalue weighted by molar-refractivity contribution is -0.140. The second-order valence-electron chi connectivity index (χ2n) is 4.11. The van der Waals surface area contributed by atoms with E-state index in [-0.39, 0.29) is 17.7 Å². The number of carboxylic acid groups (broad SMARTS) is 1. The summed E-state index contributed by atoms with van der Waals surface area (Å²) < 4.78 is 55.9. The Balaban J connectivity index is 2.18. The number of ether oxygens (including phenoxy) is 1. The van der Waals surface area contributed by atoms with E-state index in [9.17, 15) is 22.4 Å². The molecule has 0 radical (unpaired) electrons. The average Bonchev–Trinajstić information content (AvgIpc) is 2.75. The number of hydrogen-bond donors (Lipinski definition) is 2. The van der Waals surface area contributed by atoms with Gasteiger partial charge in [-0.15, -0.1) is 0 Å². The fourth-order valence-electron chi connectivity index (χ4n) is 1.73. The number of hydrogen-bond acceptors (Lipinski definition) is 3. The van der Waals surface area contributed by atoms with Crippen molar-refractivity contribution in [2.45, 2.75) is 18.8 Å². The van der Waals surface area contributed by atoms with Crippen LogP contribution in [0.4, 0.5) is 17.6 Å². The van der Waals surface area contributed by atoms with E-state index < -0.39 is 29.8 Å². The van der Waals surface area contributed by atoms with Crippen molar-refractivity contribution in [3.63, 3.8) is 0 Å². The molecule has 1 aliphatic rings. The molecule has 1 aromatic rings. The van der Waals surface area contributed by atoms with Crippen LogP contribution in [0.5, 0.6) is 0 Å². The smallest absolute Gasteiger partial charge is 0.419 e. The van der Waals surface area contributed by atoms with E-state index in [1.807, 2.05) is 0 Å². The Hall–Kier alpha value is -2.25. The first-order chi connectivity index (χ1) is 9.27. The number of aliphatic carboxylic acids is 1. The van der Waals surface area contributed by atoms with Crippen LogP contribution in [-0.2, 0) is 15.7 Å². The minimum Gasteiger partial charge on any atom is -0.481 e. The number of benzene rings is 1. The molecule has 0 aliphatic carbocycles. The van der Waals surface area contributed by atoms with Gasteiger partial charge < -0.3 is 15.2 Å². The molecule has 0 bridgehead atoms. The lowest BCUT2D eigenvalue weighted by atomic mass is 10.1. The highest BCUT2D eigenvalue weighted by molar-refractivity contribution is 5.69. The molecule has 1 aliphatic heterocycles. The molecule has 8 heteroatoms. The van der Waals surface area contributed by atoms with E-state index in [0.717, 1.165) is 12.3 Å². The van der Waals surface area contributed by atoms with Crippen LogP contribution < -0.4 is 5.32 Å². The van der Waals surface area contributed by atoms with Crippen molar-refractivity contribution in [1.82, 2.24) is 5.32 Å². The fraction of sp³-hybridized carbons (Fsp3) is 0.250. The summed E-state index contributed by atoms with van der Waals surface area (Å²) in [6.45, 7) is 0. The van der Waals surface area contributed by atoms with E-state index in [2.05, 4.69) is 5.32 Å². The minimum absolute atomic E-state index is 0.0513. The summed E-state index contributed by atoms with van der Waals surface area (Å²) in [7, 11) is 0. The van der Waals surface area contributed by atoms with Crippen LogP contribution in [0.15, 0.2) is 30.2 Å². The third-order valence-electron chi connectivity index (χ3n) is 2.60. The zero-order valence-corrected chi connectivity index (χ0v) is 9.87. The molecule has 2 rings (SSSR count). The lowest BCUT2D eigenvalue weighted by Gasteiger charge is -2.15. The molecule has 2 N–H and O–H groups in total. The van der Waals surface area contributed by atoms with Gasteiger partial charge in [0.1, 0.15) is 12.1 Å². The summed E-state index contributed by atoms with van der Waals surface area (Å²) in [6.07, 6.45) is -5.00. The Kier molecular flexibility index (Phi) is 3.56. The lowest BCUT2D eigenvalue weighted by Crippen LogP contribution is -2.18. The molecule has 108 valence electrons. The molecule has 0 aromatic heterocycles. The van der Waals surface area contributed by atoms with Crippen molar-refractivity contribution in [3.05, 3.63) is 47.1 Å². The first kappa shape index (κ1) is 14.2. The Bertz CT molecular complexity index is 568. The van der Waals surface area contributed by atoms with Crippen LogP contribution in [-0.4, -0.2) is 11.1 Å². The number of carbonyl (C=O) groups is 1. The summed E-state index contributed by atoms with van der Waals surface area (Å²) in [4.78, 5) is 10.5. The predicted octanol–water partition coefficient (Wildman–Crippen LogP) is 2.78. The first-order valence-electron chi connectivity index (χ1n) is 5.47. The Morgan fingerprint density at radius 3 is 2.70 bits per heavy atom. The Morgan fingerprint density at radius 2 is 2.10 bits per heavy atom. The van der Waals surface area contributed by atoms with Gasteiger partial charge in [-0.2, -0.15) is 13.2 Å². The largest absolute Gasteiger partial charge is 0.481 e. The Morgan fingerprint density at radius 1 is 1.40 bits per heavy atom. The van der Waals surface area contributed by atoms with Crippen LogP contribution in [0.3, 0.4) is 0 Å². The second-order valence-corrected chi connectivity index (χ2v) is 4.11. The van der Waals surface area contributed by atoms with Crippen molar-refractivity contribution < 1.29 is 32.2 Å². The van der Waals surface area contributed by atoms with Crippen LogP contribution in [0, 0.1) is 5.82 Å². The molecule has 0 spiro atoms. The van der Waals surface area contributed by atoms with Gasteiger partial charge in [0.2, 0.25) is 0 Å². The van der Waals surface area contributed by atoms with Crippen molar-refractivity contribution in [1.29, 1.82) is 0 Å². The van der Waals surface area contributed by atoms with Crippen LogP contribution in [0.2, 0.25) is 0 Å². The zero-order valence-electron chi connectivity index (χ0n) is 9.87. The summed E-state index contributed by atoms with van der Waals surface area (Å²) in [5.74, 6) is -2.49. The van der Waals surface area contributed by atoms with Gasteiger partial charge in [0.15, 0.2) is 6.23 Å². The van der Waals surface area contributed by atoms with Crippen LogP contribution in [0.25, 0.3) is 0 Å².